The maximum Gasteiger partial charge on any atom is 0.151 e. The van der Waals surface area contributed by atoms with E-state index in [0.717, 1.165) is 23.0 Å². The summed E-state index contributed by atoms with van der Waals surface area (Å²) in [7, 11) is 0. The second-order valence-electron chi connectivity index (χ2n) is 7.80. The molecule has 1 saturated heterocycles. The van der Waals surface area contributed by atoms with Gasteiger partial charge in [-0.2, -0.15) is 0 Å². The van der Waals surface area contributed by atoms with E-state index in [1.807, 2.05) is 91.0 Å². The Labute approximate surface area is 188 Å². The summed E-state index contributed by atoms with van der Waals surface area (Å²) in [6.07, 6.45) is -1.25. The van der Waals surface area contributed by atoms with Crippen molar-refractivity contribution in [3.63, 3.8) is 0 Å². The molecule has 166 valence electrons. The number of hydrogen-bond acceptors (Lipinski definition) is 5. The topological polar surface area (TPSA) is 54.0 Å². The number of carbonyl (C=O) groups is 1. The molecule has 0 radical (unpaired) electrons. The molecule has 1 fully saturated rings. The lowest BCUT2D eigenvalue weighted by Crippen LogP contribution is -2.39. The Kier molecular flexibility index (Phi) is 8.17. The van der Waals surface area contributed by atoms with Crippen LogP contribution in [0.15, 0.2) is 91.0 Å². The highest BCUT2D eigenvalue weighted by Crippen LogP contribution is 2.28. The molecule has 1 heterocycles. The number of rotatable bonds is 11. The average Bonchev–Trinajstić information content (AvgIpc) is 3.19. The number of benzene rings is 3. The summed E-state index contributed by atoms with van der Waals surface area (Å²) in [6.45, 7) is 1.56. The molecule has 0 aliphatic carbocycles. The van der Waals surface area contributed by atoms with Gasteiger partial charge in [0.2, 0.25) is 0 Å². The van der Waals surface area contributed by atoms with Crippen LogP contribution in [0.25, 0.3) is 0 Å². The van der Waals surface area contributed by atoms with Crippen molar-refractivity contribution in [1.29, 1.82) is 0 Å². The van der Waals surface area contributed by atoms with Crippen LogP contribution in [0, 0.1) is 0 Å². The van der Waals surface area contributed by atoms with Gasteiger partial charge < -0.3 is 23.7 Å². The largest absolute Gasteiger partial charge is 0.374 e. The Morgan fingerprint density at radius 2 is 1.12 bits per heavy atom. The molecule has 4 rings (SSSR count). The molecule has 3 aromatic carbocycles. The number of aldehydes is 1. The van der Waals surface area contributed by atoms with Crippen LogP contribution >= 0.6 is 0 Å². The molecule has 0 amide bonds. The Bertz CT molecular complexity index is 932. The normalized spacial score (nSPS) is 22.6. The van der Waals surface area contributed by atoms with E-state index in [4.69, 9.17) is 18.9 Å². The van der Waals surface area contributed by atoms with Crippen molar-refractivity contribution in [3.05, 3.63) is 108 Å². The third-order valence-electron chi connectivity index (χ3n) is 5.44. The summed E-state index contributed by atoms with van der Waals surface area (Å²) >= 11 is 0. The van der Waals surface area contributed by atoms with Crippen molar-refractivity contribution >= 4 is 6.29 Å². The second-order valence-corrected chi connectivity index (χ2v) is 7.80. The van der Waals surface area contributed by atoms with Gasteiger partial charge >= 0.3 is 0 Å². The van der Waals surface area contributed by atoms with Crippen LogP contribution in [-0.4, -0.2) is 37.3 Å². The van der Waals surface area contributed by atoms with Crippen LogP contribution in [0.2, 0.25) is 0 Å². The quantitative estimate of drug-likeness (QED) is 0.422. The van der Waals surface area contributed by atoms with E-state index in [0.29, 0.717) is 26.4 Å². The monoisotopic (exact) mass is 432 g/mol. The van der Waals surface area contributed by atoms with Crippen LogP contribution in [0.5, 0.6) is 0 Å². The minimum Gasteiger partial charge on any atom is -0.374 e. The van der Waals surface area contributed by atoms with Gasteiger partial charge in [-0.25, -0.2) is 0 Å². The van der Waals surface area contributed by atoms with Crippen LogP contribution in [0.4, 0.5) is 0 Å². The predicted molar refractivity (Wildman–Crippen MR) is 121 cm³/mol. The molecule has 1 aliphatic rings. The Morgan fingerprint density at radius 1 is 0.656 bits per heavy atom. The smallest absolute Gasteiger partial charge is 0.151 e. The summed E-state index contributed by atoms with van der Waals surface area (Å²) in [6, 6.07) is 29.8. The Morgan fingerprint density at radius 3 is 1.62 bits per heavy atom. The highest BCUT2D eigenvalue weighted by molar-refractivity contribution is 5.58. The van der Waals surface area contributed by atoms with E-state index in [1.54, 1.807) is 0 Å². The van der Waals surface area contributed by atoms with Gasteiger partial charge in [0.1, 0.15) is 24.4 Å². The minimum absolute atomic E-state index is 0.309. The molecule has 1 aliphatic heterocycles. The molecule has 0 bridgehead atoms. The summed E-state index contributed by atoms with van der Waals surface area (Å²) in [4.78, 5) is 11.8. The lowest BCUT2D eigenvalue weighted by molar-refractivity contribution is -0.124. The van der Waals surface area contributed by atoms with E-state index >= 15 is 0 Å². The van der Waals surface area contributed by atoms with Crippen molar-refractivity contribution in [1.82, 2.24) is 0 Å². The third kappa shape index (κ3) is 6.11. The van der Waals surface area contributed by atoms with Gasteiger partial charge in [0.05, 0.1) is 26.4 Å². The van der Waals surface area contributed by atoms with Crippen molar-refractivity contribution in [2.75, 3.05) is 6.61 Å². The molecule has 3 aromatic rings. The van der Waals surface area contributed by atoms with Gasteiger partial charge in [-0.15, -0.1) is 0 Å². The third-order valence-corrected chi connectivity index (χ3v) is 5.44. The zero-order valence-corrected chi connectivity index (χ0v) is 17.9. The number of ether oxygens (including phenoxy) is 4. The van der Waals surface area contributed by atoms with Gasteiger partial charge in [-0.1, -0.05) is 91.0 Å². The fraction of sp³-hybridized carbons (Fsp3) is 0.296. The first kappa shape index (κ1) is 22.4. The fourth-order valence-corrected chi connectivity index (χ4v) is 3.79. The van der Waals surface area contributed by atoms with E-state index < -0.39 is 24.4 Å². The van der Waals surface area contributed by atoms with Gasteiger partial charge in [0.15, 0.2) is 6.29 Å². The minimum atomic E-state index is -0.704. The molecule has 0 N–H and O–H groups in total. The number of hydrogen-bond donors (Lipinski definition) is 0. The van der Waals surface area contributed by atoms with Crippen LogP contribution in [0.3, 0.4) is 0 Å². The standard InChI is InChI=1S/C27H28O5/c28-16-24-26(30-18-22-12-6-2-7-13-22)27(31-19-23-14-8-3-9-15-23)25(32-24)20-29-17-21-10-4-1-5-11-21/h1-16,24-27H,17-20H2/t24-,25+,26+,27+/m0/s1. The van der Waals surface area contributed by atoms with Gasteiger partial charge in [-0.3, -0.25) is 0 Å². The van der Waals surface area contributed by atoms with Crippen LogP contribution < -0.4 is 0 Å². The summed E-state index contributed by atoms with van der Waals surface area (Å²) in [5.41, 5.74) is 3.16. The van der Waals surface area contributed by atoms with Crippen molar-refractivity contribution < 1.29 is 23.7 Å². The first-order valence-electron chi connectivity index (χ1n) is 10.9. The molecule has 5 heteroatoms. The molecule has 0 unspecified atom stereocenters. The lowest BCUT2D eigenvalue weighted by Gasteiger charge is -2.24. The first-order valence-corrected chi connectivity index (χ1v) is 10.9. The van der Waals surface area contributed by atoms with Crippen molar-refractivity contribution in [2.24, 2.45) is 0 Å². The molecule has 0 aromatic heterocycles. The average molecular weight is 433 g/mol. The van der Waals surface area contributed by atoms with Gasteiger partial charge in [-0.05, 0) is 16.7 Å². The molecule has 4 atom stereocenters. The van der Waals surface area contributed by atoms with Gasteiger partial charge in [0.25, 0.3) is 0 Å². The van der Waals surface area contributed by atoms with Crippen molar-refractivity contribution in [2.45, 2.75) is 44.2 Å². The molecule has 32 heavy (non-hydrogen) atoms. The van der Waals surface area contributed by atoms with Crippen LogP contribution in [0.1, 0.15) is 16.7 Å². The molecular formula is C27H28O5. The highest BCUT2D eigenvalue weighted by Gasteiger charge is 2.46. The van der Waals surface area contributed by atoms with E-state index in [1.165, 1.54) is 0 Å². The highest BCUT2D eigenvalue weighted by atomic mass is 16.6. The Balaban J connectivity index is 1.43. The predicted octanol–water partition coefficient (Wildman–Crippen LogP) is 4.34. The summed E-state index contributed by atoms with van der Waals surface area (Å²) in [5.74, 6) is 0. The summed E-state index contributed by atoms with van der Waals surface area (Å²) < 4.78 is 24.3. The van der Waals surface area contributed by atoms with Crippen molar-refractivity contribution in [3.8, 4) is 0 Å². The van der Waals surface area contributed by atoms with E-state index in [2.05, 4.69) is 0 Å². The zero-order valence-electron chi connectivity index (χ0n) is 17.9. The molecule has 0 spiro atoms. The lowest BCUT2D eigenvalue weighted by atomic mass is 10.1. The maximum absolute atomic E-state index is 11.8. The van der Waals surface area contributed by atoms with Gasteiger partial charge in [0, 0.05) is 0 Å². The number of carbonyl (C=O) groups excluding carboxylic acids is 1. The molecular weight excluding hydrogens is 404 g/mol. The fourth-order valence-electron chi connectivity index (χ4n) is 3.79. The van der Waals surface area contributed by atoms with Crippen LogP contribution in [-0.2, 0) is 43.6 Å². The Hall–Kier alpha value is -2.83. The molecule has 0 saturated carbocycles. The van der Waals surface area contributed by atoms with E-state index in [9.17, 15) is 4.79 Å². The summed E-state index contributed by atoms with van der Waals surface area (Å²) in [5, 5.41) is 0. The SMILES string of the molecule is O=C[C@@H]1O[C@H](COCc2ccccc2)[C@@H](OCc2ccccc2)[C@@H]1OCc1ccccc1. The zero-order chi connectivity index (χ0) is 22.0. The maximum atomic E-state index is 11.8. The first-order chi connectivity index (χ1) is 15.8. The molecule has 5 nitrogen and oxygen atoms in total. The van der Waals surface area contributed by atoms with E-state index in [-0.39, 0.29) is 0 Å². The second kappa shape index (κ2) is 11.7.